The molecule has 1 unspecified atom stereocenters. The van der Waals surface area contributed by atoms with Crippen LogP contribution in [0.25, 0.3) is 10.9 Å². The molecule has 1 amide bonds. The number of carbonyl (C=O) groups excluding carboxylic acids is 1. The van der Waals surface area contributed by atoms with Gasteiger partial charge in [-0.1, -0.05) is 55.5 Å². The van der Waals surface area contributed by atoms with Gasteiger partial charge in [-0.3, -0.25) is 4.79 Å². The number of para-hydroxylation sites is 1. The van der Waals surface area contributed by atoms with Crippen LogP contribution in [-0.2, 0) is 28.9 Å². The molecule has 0 spiro atoms. The van der Waals surface area contributed by atoms with Crippen molar-refractivity contribution < 1.29 is 14.7 Å². The molecule has 0 radical (unpaired) electrons. The third-order valence-electron chi connectivity index (χ3n) is 5.03. The third-order valence-corrected chi connectivity index (χ3v) is 5.03. The summed E-state index contributed by atoms with van der Waals surface area (Å²) in [6, 6.07) is 14.5. The van der Waals surface area contributed by atoms with Crippen molar-refractivity contribution in [3.05, 3.63) is 71.4 Å². The Kier molecular flexibility index (Phi) is 5.60. The number of carboxylic acids is 1. The van der Waals surface area contributed by atoms with Crippen molar-refractivity contribution in [3.63, 3.8) is 0 Å². The van der Waals surface area contributed by atoms with E-state index in [1.807, 2.05) is 48.7 Å². The van der Waals surface area contributed by atoms with Gasteiger partial charge in [-0.2, -0.15) is 0 Å². The fourth-order valence-electron chi connectivity index (χ4n) is 3.40. The minimum atomic E-state index is -0.998. The number of carbonyl (C=O) groups is 2. The summed E-state index contributed by atoms with van der Waals surface area (Å²) in [7, 11) is 1.57. The number of fused-ring (bicyclic) bond motifs is 1. The lowest BCUT2D eigenvalue weighted by atomic mass is 10.0. The summed E-state index contributed by atoms with van der Waals surface area (Å²) in [4.78, 5) is 29.1. The maximum atomic E-state index is 12.8. The fourth-order valence-corrected chi connectivity index (χ4v) is 3.40. The molecule has 1 atom stereocenters. The number of carboxylic acid groups (broad SMARTS) is 1. The molecule has 5 nitrogen and oxygen atoms in total. The van der Waals surface area contributed by atoms with Crippen LogP contribution < -0.4 is 0 Å². The zero-order chi connectivity index (χ0) is 19.4. The second kappa shape index (κ2) is 8.08. The van der Waals surface area contributed by atoms with Crippen LogP contribution in [0.1, 0.15) is 23.6 Å². The topological polar surface area (TPSA) is 73.4 Å². The lowest BCUT2D eigenvalue weighted by molar-refractivity contribution is -0.148. The predicted molar refractivity (Wildman–Crippen MR) is 106 cm³/mol. The Balaban J connectivity index is 1.79. The van der Waals surface area contributed by atoms with Crippen LogP contribution in [0.4, 0.5) is 0 Å². The SMILES string of the molecule is CCc1cccc2c(CC(=O)N(C)C(Cc3ccccc3)C(=O)O)c[nH]c12. The Labute approximate surface area is 158 Å². The largest absolute Gasteiger partial charge is 0.480 e. The Morgan fingerprint density at radius 3 is 2.48 bits per heavy atom. The van der Waals surface area contributed by atoms with Gasteiger partial charge in [0.15, 0.2) is 0 Å². The van der Waals surface area contributed by atoms with Gasteiger partial charge in [0, 0.05) is 30.6 Å². The molecule has 3 rings (SSSR count). The van der Waals surface area contributed by atoms with Crippen LogP contribution in [0.15, 0.2) is 54.7 Å². The van der Waals surface area contributed by atoms with Crippen LogP contribution >= 0.6 is 0 Å². The van der Waals surface area contributed by atoms with Crippen molar-refractivity contribution in [2.45, 2.75) is 32.2 Å². The molecule has 5 heteroatoms. The van der Waals surface area contributed by atoms with Gasteiger partial charge in [0.1, 0.15) is 6.04 Å². The quantitative estimate of drug-likeness (QED) is 0.675. The average Bonchev–Trinajstić information content (AvgIpc) is 3.09. The molecular weight excluding hydrogens is 340 g/mol. The number of aliphatic carboxylic acids is 1. The van der Waals surface area contributed by atoms with E-state index in [9.17, 15) is 14.7 Å². The predicted octanol–water partition coefficient (Wildman–Crippen LogP) is 3.43. The number of aromatic amines is 1. The number of amides is 1. The first-order chi connectivity index (χ1) is 13.0. The van der Waals surface area contributed by atoms with Gasteiger partial charge in [-0.25, -0.2) is 4.79 Å². The van der Waals surface area contributed by atoms with Gasteiger partial charge in [0.05, 0.1) is 6.42 Å². The van der Waals surface area contributed by atoms with E-state index in [0.29, 0.717) is 0 Å². The minimum absolute atomic E-state index is 0.169. The number of H-pyrrole nitrogens is 1. The van der Waals surface area contributed by atoms with Gasteiger partial charge in [0.25, 0.3) is 0 Å². The summed E-state index contributed by atoms with van der Waals surface area (Å²) < 4.78 is 0. The Bertz CT molecular complexity index is 947. The highest BCUT2D eigenvalue weighted by Gasteiger charge is 2.27. The molecule has 0 bridgehead atoms. The highest BCUT2D eigenvalue weighted by molar-refractivity contribution is 5.91. The lowest BCUT2D eigenvalue weighted by Crippen LogP contribution is -2.44. The summed E-state index contributed by atoms with van der Waals surface area (Å²) in [6.45, 7) is 2.09. The number of nitrogens with zero attached hydrogens (tertiary/aromatic N) is 1. The zero-order valence-corrected chi connectivity index (χ0v) is 15.6. The lowest BCUT2D eigenvalue weighted by Gasteiger charge is -2.25. The van der Waals surface area contributed by atoms with E-state index < -0.39 is 12.0 Å². The van der Waals surface area contributed by atoms with E-state index in [1.165, 1.54) is 10.5 Å². The summed E-state index contributed by atoms with van der Waals surface area (Å²) >= 11 is 0. The van der Waals surface area contributed by atoms with Crippen molar-refractivity contribution in [1.82, 2.24) is 9.88 Å². The van der Waals surface area contributed by atoms with E-state index in [4.69, 9.17) is 0 Å². The van der Waals surface area contributed by atoms with Crippen molar-refractivity contribution in [2.24, 2.45) is 0 Å². The molecule has 0 aliphatic carbocycles. The highest BCUT2D eigenvalue weighted by Crippen LogP contribution is 2.23. The Morgan fingerprint density at radius 1 is 1.07 bits per heavy atom. The maximum Gasteiger partial charge on any atom is 0.326 e. The van der Waals surface area contributed by atoms with E-state index >= 15 is 0 Å². The van der Waals surface area contributed by atoms with Crippen LogP contribution in [-0.4, -0.2) is 40.0 Å². The summed E-state index contributed by atoms with van der Waals surface area (Å²) in [5.41, 5.74) is 4.03. The Morgan fingerprint density at radius 2 is 1.81 bits per heavy atom. The number of rotatable bonds is 7. The molecule has 2 N–H and O–H groups in total. The molecule has 0 saturated carbocycles. The van der Waals surface area contributed by atoms with Gasteiger partial charge < -0.3 is 15.0 Å². The number of nitrogens with one attached hydrogen (secondary N) is 1. The van der Waals surface area contributed by atoms with E-state index in [1.54, 1.807) is 7.05 Å². The molecule has 140 valence electrons. The number of aryl methyl sites for hydroxylation is 1. The van der Waals surface area contributed by atoms with Crippen molar-refractivity contribution in [1.29, 1.82) is 0 Å². The highest BCUT2D eigenvalue weighted by atomic mass is 16.4. The van der Waals surface area contributed by atoms with Crippen molar-refractivity contribution in [3.8, 4) is 0 Å². The minimum Gasteiger partial charge on any atom is -0.480 e. The van der Waals surface area contributed by atoms with Crippen LogP contribution in [0.3, 0.4) is 0 Å². The van der Waals surface area contributed by atoms with E-state index in [2.05, 4.69) is 18.0 Å². The zero-order valence-electron chi connectivity index (χ0n) is 15.6. The standard InChI is InChI=1S/C22H24N2O3/c1-3-16-10-7-11-18-17(14-23-21(16)18)13-20(25)24(2)19(22(26)27)12-15-8-5-4-6-9-15/h4-11,14,19,23H,3,12-13H2,1-2H3,(H,26,27). The first-order valence-corrected chi connectivity index (χ1v) is 9.11. The van der Waals surface area contributed by atoms with E-state index in [-0.39, 0.29) is 18.7 Å². The second-order valence-corrected chi connectivity index (χ2v) is 6.73. The van der Waals surface area contributed by atoms with E-state index in [0.717, 1.165) is 28.5 Å². The summed E-state index contributed by atoms with van der Waals surface area (Å²) in [6.07, 6.45) is 3.21. The van der Waals surface area contributed by atoms with Crippen molar-refractivity contribution in [2.75, 3.05) is 7.05 Å². The fraction of sp³-hybridized carbons (Fsp3) is 0.273. The number of likely N-dealkylation sites (N-methyl/N-ethyl adjacent to an activating group) is 1. The van der Waals surface area contributed by atoms with Gasteiger partial charge in [-0.15, -0.1) is 0 Å². The second-order valence-electron chi connectivity index (χ2n) is 6.73. The molecule has 0 fully saturated rings. The molecule has 0 saturated heterocycles. The number of hydrogen-bond acceptors (Lipinski definition) is 2. The molecule has 3 aromatic rings. The number of benzene rings is 2. The van der Waals surface area contributed by atoms with Gasteiger partial charge >= 0.3 is 5.97 Å². The number of hydrogen-bond donors (Lipinski definition) is 2. The Hall–Kier alpha value is -3.08. The summed E-state index contributed by atoms with van der Waals surface area (Å²) in [5.74, 6) is -1.21. The first-order valence-electron chi connectivity index (χ1n) is 9.11. The maximum absolute atomic E-state index is 12.8. The average molecular weight is 364 g/mol. The van der Waals surface area contributed by atoms with Crippen LogP contribution in [0.5, 0.6) is 0 Å². The molecule has 1 aromatic heterocycles. The monoisotopic (exact) mass is 364 g/mol. The first kappa shape index (κ1) is 18.7. The third kappa shape index (κ3) is 4.03. The van der Waals surface area contributed by atoms with Crippen LogP contribution in [0.2, 0.25) is 0 Å². The number of aromatic nitrogens is 1. The van der Waals surface area contributed by atoms with Crippen molar-refractivity contribution >= 4 is 22.8 Å². The normalized spacial score (nSPS) is 12.1. The molecule has 2 aromatic carbocycles. The molecule has 0 aliphatic rings. The summed E-state index contributed by atoms with van der Waals surface area (Å²) in [5, 5.41) is 10.6. The molecule has 27 heavy (non-hydrogen) atoms. The van der Waals surface area contributed by atoms with Gasteiger partial charge in [0.2, 0.25) is 5.91 Å². The van der Waals surface area contributed by atoms with Crippen LogP contribution in [0, 0.1) is 0 Å². The molecule has 1 heterocycles. The van der Waals surface area contributed by atoms with Gasteiger partial charge in [-0.05, 0) is 23.1 Å². The molecule has 0 aliphatic heterocycles. The molecular formula is C22H24N2O3. The smallest absolute Gasteiger partial charge is 0.326 e.